The van der Waals surface area contributed by atoms with Gasteiger partial charge < -0.3 is 10.1 Å². The number of rotatable bonds is 2. The van der Waals surface area contributed by atoms with Gasteiger partial charge in [0.1, 0.15) is 5.65 Å². The lowest BCUT2D eigenvalue weighted by Gasteiger charge is -2.21. The first kappa shape index (κ1) is 14.7. The van der Waals surface area contributed by atoms with E-state index in [2.05, 4.69) is 55.4 Å². The maximum absolute atomic E-state index is 6.57. The van der Waals surface area contributed by atoms with Crippen molar-refractivity contribution in [3.63, 3.8) is 0 Å². The normalized spacial score (nSPS) is 13.5. The van der Waals surface area contributed by atoms with E-state index in [0.29, 0.717) is 0 Å². The Morgan fingerprint density at radius 1 is 1.14 bits per heavy atom. The van der Waals surface area contributed by atoms with Crippen molar-refractivity contribution in [3.8, 4) is 0 Å². The average Bonchev–Trinajstić information content (AvgIpc) is 2.86. The molecule has 0 saturated heterocycles. The minimum absolute atomic E-state index is 0.0695. The van der Waals surface area contributed by atoms with E-state index in [1.807, 2.05) is 12.1 Å². The molecule has 22 heavy (non-hydrogen) atoms. The van der Waals surface area contributed by atoms with Gasteiger partial charge in [0.2, 0.25) is 0 Å². The van der Waals surface area contributed by atoms with E-state index in [0.717, 1.165) is 22.6 Å². The molecular formula is C18H22N4. The van der Waals surface area contributed by atoms with Crippen LogP contribution >= 0.6 is 0 Å². The number of hydrogen-bond acceptors (Lipinski definition) is 3. The third-order valence-corrected chi connectivity index (χ3v) is 3.89. The van der Waals surface area contributed by atoms with Crippen molar-refractivity contribution in [1.82, 2.24) is 14.4 Å². The molecule has 1 atom stereocenters. The zero-order chi connectivity index (χ0) is 15.9. The monoisotopic (exact) mass is 294 g/mol. The molecule has 4 nitrogen and oxygen atoms in total. The van der Waals surface area contributed by atoms with Gasteiger partial charge in [0.15, 0.2) is 0 Å². The Balaban J connectivity index is 2.26. The van der Waals surface area contributed by atoms with Crippen LogP contribution in [0.5, 0.6) is 0 Å². The van der Waals surface area contributed by atoms with Crippen LogP contribution in [0.3, 0.4) is 0 Å². The van der Waals surface area contributed by atoms with Crippen LogP contribution in [0.15, 0.2) is 42.9 Å². The molecule has 4 heteroatoms. The molecular weight excluding hydrogens is 272 g/mol. The van der Waals surface area contributed by atoms with E-state index in [4.69, 9.17) is 10.7 Å². The summed E-state index contributed by atoms with van der Waals surface area (Å²) in [6, 6.07) is 7.88. The van der Waals surface area contributed by atoms with E-state index < -0.39 is 0 Å². The predicted molar refractivity (Wildman–Crippen MR) is 88.9 cm³/mol. The number of aryl methyl sites for hydroxylation is 1. The quantitative estimate of drug-likeness (QED) is 0.788. The Hall–Kier alpha value is -2.20. The second kappa shape index (κ2) is 5.21. The van der Waals surface area contributed by atoms with Gasteiger partial charge in [-0.15, -0.1) is 0 Å². The molecule has 0 aliphatic heterocycles. The van der Waals surface area contributed by atoms with Gasteiger partial charge in [-0.3, -0.25) is 4.98 Å². The largest absolute Gasteiger partial charge is 0.319 e. The zero-order valence-electron chi connectivity index (χ0n) is 13.5. The van der Waals surface area contributed by atoms with Crippen LogP contribution in [0.25, 0.3) is 5.65 Å². The number of nitrogens with two attached hydrogens (primary N) is 1. The van der Waals surface area contributed by atoms with Crippen molar-refractivity contribution >= 4 is 5.65 Å². The standard InChI is InChI=1S/C18H22N4/c1-12-7-10-22-14(11-12)21-17(18(2,3)4)16(22)15(19)13-5-8-20-9-6-13/h5-11,15H,19H2,1-4H3. The summed E-state index contributed by atoms with van der Waals surface area (Å²) in [5.74, 6) is 0. The lowest BCUT2D eigenvalue weighted by molar-refractivity contribution is 0.558. The van der Waals surface area contributed by atoms with Gasteiger partial charge in [-0.1, -0.05) is 20.8 Å². The van der Waals surface area contributed by atoms with Gasteiger partial charge in [0.25, 0.3) is 0 Å². The number of pyridine rings is 2. The molecule has 0 radical (unpaired) electrons. The lowest BCUT2D eigenvalue weighted by Crippen LogP contribution is -2.21. The molecule has 0 aromatic carbocycles. The van der Waals surface area contributed by atoms with E-state index in [9.17, 15) is 0 Å². The fraction of sp³-hybridized carbons (Fsp3) is 0.333. The number of imidazole rings is 1. The molecule has 0 saturated carbocycles. The van der Waals surface area contributed by atoms with Crippen molar-refractivity contribution in [2.24, 2.45) is 5.73 Å². The minimum Gasteiger partial charge on any atom is -0.319 e. The van der Waals surface area contributed by atoms with E-state index in [-0.39, 0.29) is 11.5 Å². The highest BCUT2D eigenvalue weighted by molar-refractivity contribution is 5.49. The minimum atomic E-state index is -0.227. The van der Waals surface area contributed by atoms with E-state index >= 15 is 0 Å². The van der Waals surface area contributed by atoms with Crippen LogP contribution in [-0.4, -0.2) is 14.4 Å². The smallest absolute Gasteiger partial charge is 0.137 e. The molecule has 3 aromatic rings. The lowest BCUT2D eigenvalue weighted by atomic mass is 9.88. The Bertz CT molecular complexity index is 797. The second-order valence-corrected chi connectivity index (χ2v) is 6.79. The maximum Gasteiger partial charge on any atom is 0.137 e. The zero-order valence-corrected chi connectivity index (χ0v) is 13.5. The Labute approximate surface area is 131 Å². The molecule has 3 aromatic heterocycles. The van der Waals surface area contributed by atoms with Gasteiger partial charge in [-0.2, -0.15) is 0 Å². The summed E-state index contributed by atoms with van der Waals surface area (Å²) in [6.07, 6.45) is 5.61. The first-order valence-electron chi connectivity index (χ1n) is 7.52. The number of fused-ring (bicyclic) bond motifs is 1. The Kier molecular flexibility index (Phi) is 3.49. The highest BCUT2D eigenvalue weighted by Gasteiger charge is 2.27. The van der Waals surface area contributed by atoms with Crippen LogP contribution in [0.4, 0.5) is 0 Å². The Morgan fingerprint density at radius 3 is 2.45 bits per heavy atom. The fourth-order valence-electron chi connectivity index (χ4n) is 2.74. The molecule has 114 valence electrons. The summed E-state index contributed by atoms with van der Waals surface area (Å²) in [6.45, 7) is 8.59. The molecule has 0 aliphatic carbocycles. The molecule has 0 spiro atoms. The van der Waals surface area contributed by atoms with Crippen LogP contribution < -0.4 is 5.73 Å². The summed E-state index contributed by atoms with van der Waals surface area (Å²) < 4.78 is 2.11. The van der Waals surface area contributed by atoms with Crippen molar-refractivity contribution < 1.29 is 0 Å². The highest BCUT2D eigenvalue weighted by atomic mass is 15.0. The molecule has 1 unspecified atom stereocenters. The van der Waals surface area contributed by atoms with Gasteiger partial charge in [-0.05, 0) is 42.3 Å². The van der Waals surface area contributed by atoms with E-state index in [1.165, 1.54) is 5.56 Å². The number of nitrogens with zero attached hydrogens (tertiary/aromatic N) is 3. The van der Waals surface area contributed by atoms with Crippen molar-refractivity contribution in [2.75, 3.05) is 0 Å². The summed E-state index contributed by atoms with van der Waals surface area (Å²) in [5.41, 5.74) is 11.8. The highest BCUT2D eigenvalue weighted by Crippen LogP contribution is 2.32. The van der Waals surface area contributed by atoms with E-state index in [1.54, 1.807) is 12.4 Å². The third kappa shape index (κ3) is 2.50. The first-order valence-corrected chi connectivity index (χ1v) is 7.52. The molecule has 0 aliphatic rings. The van der Waals surface area contributed by atoms with Gasteiger partial charge in [0.05, 0.1) is 17.4 Å². The predicted octanol–water partition coefficient (Wildman–Crippen LogP) is 3.38. The SMILES string of the molecule is Cc1ccn2c(C(N)c3ccncc3)c(C(C)(C)C)nc2c1. The van der Waals surface area contributed by atoms with Crippen LogP contribution in [0.2, 0.25) is 0 Å². The summed E-state index contributed by atoms with van der Waals surface area (Å²) in [7, 11) is 0. The summed E-state index contributed by atoms with van der Waals surface area (Å²) in [4.78, 5) is 8.93. The van der Waals surface area contributed by atoms with Crippen LogP contribution in [0.1, 0.15) is 49.3 Å². The Morgan fingerprint density at radius 2 is 1.82 bits per heavy atom. The number of hydrogen-bond donors (Lipinski definition) is 1. The topological polar surface area (TPSA) is 56.2 Å². The van der Waals surface area contributed by atoms with Crippen molar-refractivity contribution in [2.45, 2.75) is 39.2 Å². The molecule has 0 amide bonds. The molecule has 0 fully saturated rings. The van der Waals surface area contributed by atoms with Gasteiger partial charge in [-0.25, -0.2) is 4.98 Å². The molecule has 3 heterocycles. The van der Waals surface area contributed by atoms with Gasteiger partial charge >= 0.3 is 0 Å². The molecule has 0 bridgehead atoms. The molecule has 3 rings (SSSR count). The maximum atomic E-state index is 6.57. The molecule has 2 N–H and O–H groups in total. The van der Waals surface area contributed by atoms with Crippen molar-refractivity contribution in [1.29, 1.82) is 0 Å². The second-order valence-electron chi connectivity index (χ2n) is 6.79. The average molecular weight is 294 g/mol. The van der Waals surface area contributed by atoms with Crippen LogP contribution in [-0.2, 0) is 5.41 Å². The first-order chi connectivity index (χ1) is 10.4. The third-order valence-electron chi connectivity index (χ3n) is 3.89. The number of aromatic nitrogens is 3. The summed E-state index contributed by atoms with van der Waals surface area (Å²) in [5, 5.41) is 0. The van der Waals surface area contributed by atoms with Gasteiger partial charge in [0, 0.05) is 24.0 Å². The fourth-order valence-corrected chi connectivity index (χ4v) is 2.74. The van der Waals surface area contributed by atoms with Crippen LogP contribution in [0, 0.1) is 6.92 Å². The van der Waals surface area contributed by atoms with Crippen molar-refractivity contribution in [3.05, 3.63) is 65.4 Å². The summed E-state index contributed by atoms with van der Waals surface area (Å²) >= 11 is 0.